The molecule has 4 nitrogen and oxygen atoms in total. The van der Waals surface area contributed by atoms with Crippen molar-refractivity contribution < 1.29 is 27.2 Å². The van der Waals surface area contributed by atoms with Crippen LogP contribution in [0.25, 0.3) is 11.1 Å². The molecular formula is C17H20BF3N2O2S. The number of hydrogen-bond donors (Lipinski definition) is 1. The highest BCUT2D eigenvalue weighted by Gasteiger charge is 2.34. The molecule has 140 valence electrons. The minimum absolute atomic E-state index is 0.395. The van der Waals surface area contributed by atoms with Gasteiger partial charge in [0, 0.05) is 17.1 Å². The van der Waals surface area contributed by atoms with Gasteiger partial charge in [-0.25, -0.2) is 0 Å². The number of hydrogen-bond acceptors (Lipinski definition) is 3. The summed E-state index contributed by atoms with van der Waals surface area (Å²) in [7, 11) is -3.67. The quantitative estimate of drug-likeness (QED) is 0.351. The first-order chi connectivity index (χ1) is 12.3. The second-order valence-corrected chi connectivity index (χ2v) is 5.66. The molecule has 0 saturated carbocycles. The molecule has 9 heteroatoms. The molecule has 2 rings (SSSR count). The van der Waals surface area contributed by atoms with E-state index < -0.39 is 13.6 Å². The standard InChI is InChI=1S/C17H20N2O2S.BF3/c1-4-20-14-10-13(19-18)16(21-5-2)17(22)15(14)12-8-6-11(3)7-9-12;2-1(3)4/h6-10,16,22H,4-5H2,1-3H3;. The maximum absolute atomic E-state index is 9.67. The number of benzene rings is 1. The van der Waals surface area contributed by atoms with Gasteiger partial charge < -0.3 is 15.0 Å². The van der Waals surface area contributed by atoms with Gasteiger partial charge in [-0.05, 0) is 26.3 Å². The highest BCUT2D eigenvalue weighted by Crippen LogP contribution is 2.36. The molecule has 0 N–H and O–H groups in total. The largest absolute Gasteiger partial charge is 0.762 e. The van der Waals surface area contributed by atoms with Gasteiger partial charge in [-0.2, -0.15) is 4.79 Å². The van der Waals surface area contributed by atoms with Gasteiger partial charge in [0.25, 0.3) is 0 Å². The third kappa shape index (κ3) is 6.09. The fraction of sp³-hybridized carbons (Fsp3) is 0.353. The number of nitrogens with zero attached hydrogens (tertiary/aromatic N) is 2. The van der Waals surface area contributed by atoms with E-state index in [9.17, 15) is 18.5 Å². The van der Waals surface area contributed by atoms with E-state index >= 15 is 0 Å². The van der Waals surface area contributed by atoms with Gasteiger partial charge in [0.05, 0.1) is 12.7 Å². The fourth-order valence-corrected chi connectivity index (χ4v) is 2.82. The Morgan fingerprint density at radius 1 is 1.15 bits per heavy atom. The smallest absolute Gasteiger partial charge is 0.493 e. The second kappa shape index (κ2) is 10.9. The van der Waals surface area contributed by atoms with E-state index in [1.54, 1.807) is 6.08 Å². The predicted octanol–water partition coefficient (Wildman–Crippen LogP) is 4.53. The van der Waals surface area contributed by atoms with Gasteiger partial charge in [-0.3, -0.25) is 12.9 Å². The van der Waals surface area contributed by atoms with Crippen molar-refractivity contribution in [2.24, 2.45) is 0 Å². The molecule has 1 aromatic carbocycles. The average Bonchev–Trinajstić information content (AvgIpc) is 2.58. The number of allylic oxidation sites excluding steroid dienone is 1. The van der Waals surface area contributed by atoms with Crippen LogP contribution in [0.15, 0.2) is 41.0 Å². The molecule has 0 heterocycles. The zero-order valence-electron chi connectivity index (χ0n) is 14.7. The van der Waals surface area contributed by atoms with Crippen LogP contribution >= 0.6 is 12.6 Å². The van der Waals surface area contributed by atoms with E-state index in [4.69, 9.17) is 9.47 Å². The molecule has 0 radical (unpaired) electrons. The number of halogens is 3. The lowest BCUT2D eigenvalue weighted by Crippen LogP contribution is -2.29. The van der Waals surface area contributed by atoms with E-state index in [2.05, 4.69) is 17.4 Å². The third-order valence-electron chi connectivity index (χ3n) is 3.39. The summed E-state index contributed by atoms with van der Waals surface area (Å²) in [6.07, 6.45) is 1.22. The van der Waals surface area contributed by atoms with Crippen molar-refractivity contribution in [3.63, 3.8) is 0 Å². The number of thiol groups is 1. The van der Waals surface area contributed by atoms with Crippen LogP contribution in [0.5, 0.6) is 0 Å². The zero-order chi connectivity index (χ0) is 19.7. The van der Waals surface area contributed by atoms with Crippen LogP contribution in [-0.2, 0) is 9.47 Å². The number of ether oxygens (including phenoxy) is 2. The van der Waals surface area contributed by atoms with Crippen molar-refractivity contribution in [2.45, 2.75) is 26.9 Å². The van der Waals surface area contributed by atoms with Gasteiger partial charge in [0.1, 0.15) is 5.76 Å². The molecule has 26 heavy (non-hydrogen) atoms. The van der Waals surface area contributed by atoms with E-state index in [0.29, 0.717) is 29.6 Å². The van der Waals surface area contributed by atoms with Crippen LogP contribution in [-0.4, -0.2) is 37.4 Å². The Morgan fingerprint density at radius 3 is 2.19 bits per heavy atom. The molecule has 0 bridgehead atoms. The number of aryl methyl sites for hydroxylation is 1. The lowest BCUT2D eigenvalue weighted by atomic mass is 9.94. The topological polar surface area (TPSA) is 54.9 Å². The summed E-state index contributed by atoms with van der Waals surface area (Å²) in [6.45, 7) is 6.85. The van der Waals surface area contributed by atoms with Crippen molar-refractivity contribution in [3.8, 4) is 0 Å². The van der Waals surface area contributed by atoms with Crippen LogP contribution in [0.2, 0.25) is 0 Å². The Bertz CT molecular complexity index is 714. The molecule has 1 aromatic rings. The molecule has 0 saturated heterocycles. The summed E-state index contributed by atoms with van der Waals surface area (Å²) < 4.78 is 40.4. The molecule has 0 aromatic heterocycles. The highest BCUT2D eigenvalue weighted by atomic mass is 32.1. The first kappa shape index (κ1) is 22.1. The maximum atomic E-state index is 9.67. The van der Waals surface area contributed by atoms with E-state index in [0.717, 1.165) is 11.1 Å². The van der Waals surface area contributed by atoms with Gasteiger partial charge in [0.15, 0.2) is 6.10 Å². The molecule has 0 fully saturated rings. The minimum Gasteiger partial charge on any atom is -0.493 e. The zero-order valence-corrected chi connectivity index (χ0v) is 15.6. The van der Waals surface area contributed by atoms with Gasteiger partial charge in [-0.15, -0.1) is 12.6 Å². The Morgan fingerprint density at radius 2 is 1.73 bits per heavy atom. The van der Waals surface area contributed by atoms with E-state index in [1.807, 2.05) is 45.0 Å². The molecule has 1 aliphatic rings. The Hall–Kier alpha value is -1.96. The Balaban J connectivity index is 0.000000765. The van der Waals surface area contributed by atoms with Gasteiger partial charge >= 0.3 is 13.3 Å². The maximum Gasteiger partial charge on any atom is 0.762 e. The van der Waals surface area contributed by atoms with E-state index in [-0.39, 0.29) is 0 Å². The summed E-state index contributed by atoms with van der Waals surface area (Å²) in [5, 5.41) is 0. The van der Waals surface area contributed by atoms with Crippen LogP contribution in [0, 0.1) is 6.92 Å². The first-order valence-corrected chi connectivity index (χ1v) is 8.41. The summed E-state index contributed by atoms with van der Waals surface area (Å²) in [5.41, 5.74) is 12.7. The highest BCUT2D eigenvalue weighted by molar-refractivity contribution is 7.84. The van der Waals surface area contributed by atoms with Crippen molar-refractivity contribution >= 4 is 31.5 Å². The van der Waals surface area contributed by atoms with Crippen molar-refractivity contribution in [1.82, 2.24) is 0 Å². The summed E-state index contributed by atoms with van der Waals surface area (Å²) in [5.74, 6) is 0.639. The number of rotatable bonds is 5. The molecule has 1 atom stereocenters. The third-order valence-corrected chi connectivity index (χ3v) is 3.85. The van der Waals surface area contributed by atoms with Crippen LogP contribution < -0.4 is 0 Å². The first-order valence-electron chi connectivity index (χ1n) is 7.96. The summed E-state index contributed by atoms with van der Waals surface area (Å²) >= 11 is 4.63. The average molecular weight is 384 g/mol. The Labute approximate surface area is 156 Å². The molecular weight excluding hydrogens is 364 g/mol. The van der Waals surface area contributed by atoms with Gasteiger partial charge in [-0.1, -0.05) is 29.8 Å². The van der Waals surface area contributed by atoms with Crippen LogP contribution in [0.3, 0.4) is 0 Å². The summed E-state index contributed by atoms with van der Waals surface area (Å²) in [6, 6.07) is 8.13. The van der Waals surface area contributed by atoms with Crippen LogP contribution in [0.1, 0.15) is 25.0 Å². The molecule has 0 spiro atoms. The SMILES string of the molecule is CCOC1=CC(=[N+]=[N-])C(OCC)C(S)=C1c1ccc(C)cc1.FB(F)F. The lowest BCUT2D eigenvalue weighted by molar-refractivity contribution is -0.0223. The molecule has 1 aliphatic carbocycles. The van der Waals surface area contributed by atoms with Crippen molar-refractivity contribution in [3.05, 3.63) is 57.7 Å². The van der Waals surface area contributed by atoms with Crippen LogP contribution in [0.4, 0.5) is 12.9 Å². The van der Waals surface area contributed by atoms with Gasteiger partial charge in [0.2, 0.25) is 0 Å². The molecule has 1 unspecified atom stereocenters. The predicted molar refractivity (Wildman–Crippen MR) is 99.9 cm³/mol. The molecule has 0 amide bonds. The lowest BCUT2D eigenvalue weighted by Gasteiger charge is -2.23. The normalized spacial score (nSPS) is 16.3. The molecule has 0 aliphatic heterocycles. The Kier molecular flexibility index (Phi) is 9.26. The summed E-state index contributed by atoms with van der Waals surface area (Å²) in [4.78, 5) is 4.01. The van der Waals surface area contributed by atoms with Crippen molar-refractivity contribution in [2.75, 3.05) is 13.2 Å². The minimum atomic E-state index is -3.67. The fourth-order valence-electron chi connectivity index (χ4n) is 2.37. The van der Waals surface area contributed by atoms with E-state index in [1.165, 1.54) is 5.56 Å². The second-order valence-electron chi connectivity index (χ2n) is 5.18. The van der Waals surface area contributed by atoms with Crippen molar-refractivity contribution in [1.29, 1.82) is 0 Å². The monoisotopic (exact) mass is 384 g/mol.